The van der Waals surface area contributed by atoms with Crippen molar-refractivity contribution >= 4 is 33.5 Å². The van der Waals surface area contributed by atoms with Gasteiger partial charge >= 0.3 is 16.2 Å². The third kappa shape index (κ3) is 2.72. The molecule has 1 atom stereocenters. The number of hydrogen-bond acceptors (Lipinski definition) is 5. The highest BCUT2D eigenvalue weighted by Gasteiger charge is 2.39. The van der Waals surface area contributed by atoms with Gasteiger partial charge < -0.3 is 15.7 Å². The Kier molecular flexibility index (Phi) is 3.38. The number of hydrogen-bond donors (Lipinski definition) is 2. The zero-order valence-electron chi connectivity index (χ0n) is 10.1. The number of carbonyl (C=O) groups excluding carboxylic acids is 1. The molecule has 1 amide bonds. The maximum atomic E-state index is 12.9. The summed E-state index contributed by atoms with van der Waals surface area (Å²) >= 11 is 0. The fraction of sp³-hybridized carbons (Fsp3) is 0.273. The summed E-state index contributed by atoms with van der Waals surface area (Å²) in [6.07, 6.45) is -0.476. The molecule has 1 fully saturated rings. The Hall–Kier alpha value is -2.16. The highest BCUT2D eigenvalue weighted by Crippen LogP contribution is 2.28. The van der Waals surface area contributed by atoms with Crippen LogP contribution in [0.2, 0.25) is 0 Å². The second-order valence-corrected chi connectivity index (χ2v) is 6.04. The van der Waals surface area contributed by atoms with Crippen LogP contribution in [0.15, 0.2) is 18.2 Å². The molecule has 0 aliphatic carbocycles. The van der Waals surface area contributed by atoms with Crippen molar-refractivity contribution in [3.63, 3.8) is 0 Å². The molecule has 1 aromatic carbocycles. The van der Waals surface area contributed by atoms with Crippen LogP contribution in [0.1, 0.15) is 16.8 Å². The molecule has 1 aliphatic rings. The van der Waals surface area contributed by atoms with Crippen molar-refractivity contribution in [3.05, 3.63) is 23.8 Å². The van der Waals surface area contributed by atoms with Gasteiger partial charge in [-0.3, -0.25) is 4.79 Å². The molecule has 1 saturated heterocycles. The molecule has 9 heteroatoms. The van der Waals surface area contributed by atoms with Gasteiger partial charge in [-0.05, 0) is 18.2 Å². The molecule has 0 bridgehead atoms. The van der Waals surface area contributed by atoms with Crippen LogP contribution < -0.4 is 10.6 Å². The summed E-state index contributed by atoms with van der Waals surface area (Å²) in [5.41, 5.74) is 5.65. The molecule has 1 unspecified atom stereocenters. The minimum absolute atomic E-state index is 0.110. The summed E-state index contributed by atoms with van der Waals surface area (Å²) in [6.45, 7) is -0.361. The van der Waals surface area contributed by atoms with Gasteiger partial charge in [-0.1, -0.05) is 0 Å². The van der Waals surface area contributed by atoms with Crippen molar-refractivity contribution in [2.45, 2.75) is 11.7 Å². The summed E-state index contributed by atoms with van der Waals surface area (Å²) in [5.74, 6) is -1.84. The van der Waals surface area contributed by atoms with Crippen LogP contribution in [0.4, 0.5) is 15.3 Å². The van der Waals surface area contributed by atoms with Crippen molar-refractivity contribution in [2.24, 2.45) is 0 Å². The molecule has 0 spiro atoms. The molecule has 7 nitrogen and oxygen atoms in total. The molecule has 2 rings (SSSR count). The second-order valence-electron chi connectivity index (χ2n) is 4.42. The lowest BCUT2D eigenvalue weighted by Gasteiger charge is -2.17. The standard InChI is InChI=1S/C11H11FN2O5S/c12-20(18,19)9-4-10(15)14(5-9)8-2-6(11(16)17)1-7(13)3-8/h1-3,9H,4-5,13H2,(H,16,17). The maximum absolute atomic E-state index is 12.9. The lowest BCUT2D eigenvalue weighted by atomic mass is 10.1. The highest BCUT2D eigenvalue weighted by atomic mass is 32.3. The Labute approximate surface area is 114 Å². The molecule has 3 N–H and O–H groups in total. The molecule has 0 saturated carbocycles. The normalized spacial score (nSPS) is 19.4. The number of halogens is 1. The van der Waals surface area contributed by atoms with Crippen LogP contribution in [-0.2, 0) is 15.0 Å². The molecule has 0 aromatic heterocycles. The van der Waals surface area contributed by atoms with Crippen molar-refractivity contribution in [1.82, 2.24) is 0 Å². The Balaban J connectivity index is 2.38. The number of carboxylic acids is 1. The zero-order valence-corrected chi connectivity index (χ0v) is 10.9. The molecular weight excluding hydrogens is 291 g/mol. The van der Waals surface area contributed by atoms with E-state index in [0.717, 1.165) is 4.90 Å². The minimum atomic E-state index is -4.82. The monoisotopic (exact) mass is 302 g/mol. The number of carboxylic acid groups (broad SMARTS) is 1. The number of nitrogen functional groups attached to an aromatic ring is 1. The Morgan fingerprint density at radius 2 is 2.05 bits per heavy atom. The van der Waals surface area contributed by atoms with Crippen LogP contribution in [0.3, 0.4) is 0 Å². The Bertz CT molecular complexity index is 688. The van der Waals surface area contributed by atoms with Gasteiger partial charge in [0.1, 0.15) is 5.25 Å². The van der Waals surface area contributed by atoms with Crippen molar-refractivity contribution in [1.29, 1.82) is 0 Å². The lowest BCUT2D eigenvalue weighted by molar-refractivity contribution is -0.117. The van der Waals surface area contributed by atoms with Crippen molar-refractivity contribution in [2.75, 3.05) is 17.2 Å². The minimum Gasteiger partial charge on any atom is -0.478 e. The second kappa shape index (κ2) is 4.75. The summed E-state index contributed by atoms with van der Waals surface area (Å²) in [6, 6.07) is 3.72. The number of carbonyl (C=O) groups is 2. The molecule has 1 heterocycles. The van der Waals surface area contributed by atoms with Gasteiger partial charge in [0.15, 0.2) is 0 Å². The number of benzene rings is 1. The van der Waals surface area contributed by atoms with E-state index in [9.17, 15) is 21.9 Å². The van der Waals surface area contributed by atoms with E-state index in [0.29, 0.717) is 0 Å². The topological polar surface area (TPSA) is 118 Å². The average molecular weight is 302 g/mol. The van der Waals surface area contributed by atoms with Gasteiger partial charge in [0.05, 0.1) is 5.56 Å². The zero-order chi connectivity index (χ0) is 15.1. The number of nitrogens with two attached hydrogens (primary N) is 1. The van der Waals surface area contributed by atoms with Crippen LogP contribution >= 0.6 is 0 Å². The molecular formula is C11H11FN2O5S. The van der Waals surface area contributed by atoms with Gasteiger partial charge in [-0.15, -0.1) is 3.89 Å². The Morgan fingerprint density at radius 3 is 2.55 bits per heavy atom. The van der Waals surface area contributed by atoms with Gasteiger partial charge in [-0.2, -0.15) is 8.42 Å². The molecule has 108 valence electrons. The average Bonchev–Trinajstić information content (AvgIpc) is 2.70. The van der Waals surface area contributed by atoms with E-state index < -0.39 is 33.8 Å². The fourth-order valence-electron chi connectivity index (χ4n) is 2.03. The van der Waals surface area contributed by atoms with Gasteiger partial charge in [-0.25, -0.2) is 4.79 Å². The number of aromatic carboxylic acids is 1. The summed E-state index contributed by atoms with van der Waals surface area (Å²) in [4.78, 5) is 23.7. The first-order valence-electron chi connectivity index (χ1n) is 5.56. The van der Waals surface area contributed by atoms with E-state index in [4.69, 9.17) is 10.8 Å². The van der Waals surface area contributed by atoms with E-state index >= 15 is 0 Å². The van der Waals surface area contributed by atoms with Gasteiger partial charge in [0.2, 0.25) is 5.91 Å². The van der Waals surface area contributed by atoms with Crippen LogP contribution in [0, 0.1) is 0 Å². The lowest BCUT2D eigenvalue weighted by Crippen LogP contribution is -2.27. The molecule has 1 aromatic rings. The van der Waals surface area contributed by atoms with E-state index in [1.54, 1.807) is 0 Å². The first-order valence-corrected chi connectivity index (χ1v) is 7.01. The van der Waals surface area contributed by atoms with E-state index in [2.05, 4.69) is 0 Å². The van der Waals surface area contributed by atoms with E-state index in [-0.39, 0.29) is 23.5 Å². The van der Waals surface area contributed by atoms with E-state index in [1.165, 1.54) is 18.2 Å². The summed E-state index contributed by atoms with van der Waals surface area (Å²) < 4.78 is 34.6. The predicted molar refractivity (Wildman–Crippen MR) is 68.6 cm³/mol. The third-order valence-electron chi connectivity index (χ3n) is 2.99. The SMILES string of the molecule is Nc1cc(C(=O)O)cc(N2CC(S(=O)(=O)F)CC2=O)c1. The third-order valence-corrected chi connectivity index (χ3v) is 4.10. The number of amides is 1. The number of rotatable bonds is 3. The quantitative estimate of drug-likeness (QED) is 0.615. The number of anilines is 2. The fourth-order valence-corrected chi connectivity index (χ4v) is 2.70. The number of nitrogens with zero attached hydrogens (tertiary/aromatic N) is 1. The summed E-state index contributed by atoms with van der Waals surface area (Å²) in [7, 11) is -4.82. The highest BCUT2D eigenvalue weighted by molar-refractivity contribution is 7.87. The van der Waals surface area contributed by atoms with Crippen molar-refractivity contribution < 1.29 is 27.0 Å². The van der Waals surface area contributed by atoms with Crippen molar-refractivity contribution in [3.8, 4) is 0 Å². The summed E-state index contributed by atoms with van der Waals surface area (Å²) in [5, 5.41) is 7.47. The largest absolute Gasteiger partial charge is 0.478 e. The first kappa shape index (κ1) is 14.3. The smallest absolute Gasteiger partial charge is 0.335 e. The van der Waals surface area contributed by atoms with Crippen LogP contribution in [0.5, 0.6) is 0 Å². The maximum Gasteiger partial charge on any atom is 0.335 e. The molecule has 20 heavy (non-hydrogen) atoms. The van der Waals surface area contributed by atoms with Crippen LogP contribution in [0.25, 0.3) is 0 Å². The Morgan fingerprint density at radius 1 is 1.40 bits per heavy atom. The van der Waals surface area contributed by atoms with E-state index in [1.807, 2.05) is 0 Å². The molecule has 0 radical (unpaired) electrons. The predicted octanol–water partition coefficient (Wildman–Crippen LogP) is 0.372. The molecule has 1 aliphatic heterocycles. The van der Waals surface area contributed by atoms with Gasteiger partial charge in [0.25, 0.3) is 0 Å². The first-order chi connectivity index (χ1) is 9.18. The van der Waals surface area contributed by atoms with Gasteiger partial charge in [0, 0.05) is 24.3 Å². The van der Waals surface area contributed by atoms with Crippen LogP contribution in [-0.4, -0.2) is 37.2 Å².